The van der Waals surface area contributed by atoms with Crippen LogP contribution >= 0.6 is 0 Å². The molecule has 3 heteroatoms. The zero-order valence-electron chi connectivity index (χ0n) is 8.95. The van der Waals surface area contributed by atoms with Crippen LogP contribution in [0.1, 0.15) is 5.69 Å². The molecule has 0 aliphatic rings. The van der Waals surface area contributed by atoms with Gasteiger partial charge in [0.2, 0.25) is 5.91 Å². The lowest BCUT2D eigenvalue weighted by Gasteiger charge is -2.02. The number of carbonyl (C=O) groups excluding carboxylic acids is 1. The summed E-state index contributed by atoms with van der Waals surface area (Å²) in [5.74, 6) is 0.0425. The number of nitrogens with one attached hydrogen (secondary N) is 1. The summed E-state index contributed by atoms with van der Waals surface area (Å²) in [5.41, 5.74) is 2.20. The summed E-state index contributed by atoms with van der Waals surface area (Å²) in [6, 6.07) is 10.2. The molecule has 0 fully saturated rings. The van der Waals surface area contributed by atoms with Crippen LogP contribution in [0.15, 0.2) is 30.3 Å². The highest BCUT2D eigenvalue weighted by atomic mass is 16.1. The first kappa shape index (κ1) is 9.77. The van der Waals surface area contributed by atoms with Gasteiger partial charge in [-0.2, -0.15) is 0 Å². The third-order valence-corrected chi connectivity index (χ3v) is 2.67. The number of likely N-dealkylation sites (N-methyl/N-ethyl adjacent to an activating group) is 1. The minimum absolute atomic E-state index is 0.0425. The van der Waals surface area contributed by atoms with Crippen molar-refractivity contribution in [1.82, 2.24) is 9.88 Å². The zero-order valence-corrected chi connectivity index (χ0v) is 8.95. The molecule has 0 atom stereocenters. The van der Waals surface area contributed by atoms with Crippen molar-refractivity contribution in [3.63, 3.8) is 0 Å². The lowest BCUT2D eigenvalue weighted by atomic mass is 10.2. The molecule has 0 aliphatic heterocycles. The van der Waals surface area contributed by atoms with Crippen LogP contribution in [0.5, 0.6) is 0 Å². The first-order chi connectivity index (χ1) is 7.22. The zero-order chi connectivity index (χ0) is 10.8. The van der Waals surface area contributed by atoms with Crippen molar-refractivity contribution in [3.05, 3.63) is 36.0 Å². The van der Waals surface area contributed by atoms with Crippen molar-refractivity contribution in [1.29, 1.82) is 0 Å². The van der Waals surface area contributed by atoms with Gasteiger partial charge < -0.3 is 9.88 Å². The summed E-state index contributed by atoms with van der Waals surface area (Å²) in [6.07, 6.45) is 0.432. The number of hydrogen-bond acceptors (Lipinski definition) is 1. The molecule has 1 heterocycles. The van der Waals surface area contributed by atoms with E-state index in [9.17, 15) is 4.79 Å². The van der Waals surface area contributed by atoms with Crippen molar-refractivity contribution >= 4 is 16.8 Å². The summed E-state index contributed by atoms with van der Waals surface area (Å²) < 4.78 is 2.06. The second-order valence-corrected chi connectivity index (χ2v) is 3.60. The van der Waals surface area contributed by atoms with Crippen LogP contribution in [-0.2, 0) is 18.3 Å². The number of amides is 1. The van der Waals surface area contributed by atoms with Crippen molar-refractivity contribution in [2.45, 2.75) is 6.42 Å². The minimum atomic E-state index is 0.0425. The highest BCUT2D eigenvalue weighted by molar-refractivity contribution is 5.84. The third-order valence-electron chi connectivity index (χ3n) is 2.67. The maximum atomic E-state index is 11.3. The highest BCUT2D eigenvalue weighted by Gasteiger charge is 2.07. The molecule has 1 aromatic heterocycles. The van der Waals surface area contributed by atoms with E-state index in [0.29, 0.717) is 6.42 Å². The number of hydrogen-bond donors (Lipinski definition) is 1. The van der Waals surface area contributed by atoms with Crippen LogP contribution in [0, 0.1) is 0 Å². The van der Waals surface area contributed by atoms with Gasteiger partial charge in [-0.25, -0.2) is 0 Å². The van der Waals surface area contributed by atoms with Crippen molar-refractivity contribution in [2.75, 3.05) is 7.05 Å². The van der Waals surface area contributed by atoms with Gasteiger partial charge in [-0.15, -0.1) is 0 Å². The average molecular weight is 202 g/mol. The van der Waals surface area contributed by atoms with Crippen LogP contribution in [0.25, 0.3) is 10.9 Å². The Balaban J connectivity index is 2.44. The molecule has 15 heavy (non-hydrogen) atoms. The number of rotatable bonds is 2. The minimum Gasteiger partial charge on any atom is -0.359 e. The fraction of sp³-hybridized carbons (Fsp3) is 0.250. The summed E-state index contributed by atoms with van der Waals surface area (Å²) >= 11 is 0. The van der Waals surface area contributed by atoms with Gasteiger partial charge in [0.1, 0.15) is 0 Å². The van der Waals surface area contributed by atoms with Gasteiger partial charge in [-0.1, -0.05) is 18.2 Å². The maximum absolute atomic E-state index is 11.3. The quantitative estimate of drug-likeness (QED) is 0.786. The van der Waals surface area contributed by atoms with E-state index in [1.54, 1.807) is 7.05 Å². The molecule has 78 valence electrons. The molecule has 0 unspecified atom stereocenters. The normalized spacial score (nSPS) is 10.5. The largest absolute Gasteiger partial charge is 0.359 e. The third kappa shape index (κ3) is 1.73. The van der Waals surface area contributed by atoms with Crippen molar-refractivity contribution in [3.8, 4) is 0 Å². The van der Waals surface area contributed by atoms with E-state index in [2.05, 4.69) is 28.1 Å². The lowest BCUT2D eigenvalue weighted by Crippen LogP contribution is -2.21. The second kappa shape index (κ2) is 3.77. The molecule has 0 radical (unpaired) electrons. The average Bonchev–Trinajstić information content (AvgIpc) is 2.57. The Morgan fingerprint density at radius 3 is 2.80 bits per heavy atom. The number of fused-ring (bicyclic) bond motifs is 1. The van der Waals surface area contributed by atoms with Gasteiger partial charge in [-0.3, -0.25) is 4.79 Å². The van der Waals surface area contributed by atoms with E-state index in [4.69, 9.17) is 0 Å². The van der Waals surface area contributed by atoms with E-state index in [1.165, 1.54) is 5.39 Å². The summed E-state index contributed by atoms with van der Waals surface area (Å²) in [5, 5.41) is 3.81. The van der Waals surface area contributed by atoms with E-state index in [1.807, 2.05) is 19.2 Å². The second-order valence-electron chi connectivity index (χ2n) is 3.60. The number of para-hydroxylation sites is 1. The first-order valence-electron chi connectivity index (χ1n) is 4.96. The Bertz CT molecular complexity index is 499. The summed E-state index contributed by atoms with van der Waals surface area (Å²) in [4.78, 5) is 11.3. The van der Waals surface area contributed by atoms with Crippen LogP contribution in [-0.4, -0.2) is 17.5 Å². The molecule has 1 aromatic carbocycles. The fourth-order valence-electron chi connectivity index (χ4n) is 1.77. The van der Waals surface area contributed by atoms with E-state index < -0.39 is 0 Å². The standard InChI is InChI=1S/C12H14N2O/c1-13-12(15)8-10-7-9-5-3-4-6-11(9)14(10)2/h3-7H,8H2,1-2H3,(H,13,15). The van der Waals surface area contributed by atoms with Gasteiger partial charge in [-0.05, 0) is 17.5 Å². The number of aryl methyl sites for hydroxylation is 1. The number of benzene rings is 1. The van der Waals surface area contributed by atoms with E-state index >= 15 is 0 Å². The molecule has 3 nitrogen and oxygen atoms in total. The van der Waals surface area contributed by atoms with Crippen molar-refractivity contribution < 1.29 is 4.79 Å². The van der Waals surface area contributed by atoms with Crippen LogP contribution in [0.4, 0.5) is 0 Å². The predicted molar refractivity (Wildman–Crippen MR) is 60.7 cm³/mol. The van der Waals surface area contributed by atoms with Crippen LogP contribution in [0.3, 0.4) is 0 Å². The van der Waals surface area contributed by atoms with Gasteiger partial charge in [0.15, 0.2) is 0 Å². The number of nitrogens with zero attached hydrogens (tertiary/aromatic N) is 1. The number of aromatic nitrogens is 1. The molecule has 0 saturated carbocycles. The maximum Gasteiger partial charge on any atom is 0.225 e. The molecular weight excluding hydrogens is 188 g/mol. The molecule has 2 rings (SSSR count). The Morgan fingerprint density at radius 2 is 2.13 bits per heavy atom. The van der Waals surface area contributed by atoms with E-state index in [-0.39, 0.29) is 5.91 Å². The Labute approximate surface area is 88.7 Å². The van der Waals surface area contributed by atoms with Gasteiger partial charge in [0.05, 0.1) is 6.42 Å². The molecular formula is C12H14N2O. The molecule has 2 aromatic rings. The Morgan fingerprint density at radius 1 is 1.40 bits per heavy atom. The Kier molecular flexibility index (Phi) is 2.46. The predicted octanol–water partition coefficient (Wildman–Crippen LogP) is 1.47. The monoisotopic (exact) mass is 202 g/mol. The fourth-order valence-corrected chi connectivity index (χ4v) is 1.77. The topological polar surface area (TPSA) is 34.0 Å². The van der Waals surface area contributed by atoms with Gasteiger partial charge >= 0.3 is 0 Å². The van der Waals surface area contributed by atoms with Crippen LogP contribution < -0.4 is 5.32 Å². The van der Waals surface area contributed by atoms with Gasteiger partial charge in [0.25, 0.3) is 0 Å². The first-order valence-corrected chi connectivity index (χ1v) is 4.96. The molecule has 0 bridgehead atoms. The molecule has 0 spiro atoms. The molecule has 0 aliphatic carbocycles. The molecule has 1 amide bonds. The van der Waals surface area contributed by atoms with Crippen LogP contribution in [0.2, 0.25) is 0 Å². The molecule has 1 N–H and O–H groups in total. The van der Waals surface area contributed by atoms with Gasteiger partial charge in [0, 0.05) is 25.3 Å². The lowest BCUT2D eigenvalue weighted by molar-refractivity contribution is -0.120. The Hall–Kier alpha value is -1.77. The van der Waals surface area contributed by atoms with E-state index in [0.717, 1.165) is 11.2 Å². The highest BCUT2D eigenvalue weighted by Crippen LogP contribution is 2.18. The summed E-state index contributed by atoms with van der Waals surface area (Å²) in [7, 11) is 3.64. The number of carbonyl (C=O) groups is 1. The smallest absolute Gasteiger partial charge is 0.225 e. The SMILES string of the molecule is CNC(=O)Cc1cc2ccccc2n1C. The summed E-state index contributed by atoms with van der Waals surface area (Å²) in [6.45, 7) is 0. The van der Waals surface area contributed by atoms with Crippen molar-refractivity contribution in [2.24, 2.45) is 7.05 Å². The molecule has 0 saturated heterocycles.